The lowest BCUT2D eigenvalue weighted by Crippen LogP contribution is -2.46. The van der Waals surface area contributed by atoms with Gasteiger partial charge in [0.2, 0.25) is 17.7 Å². The molecule has 162 valence electrons. The summed E-state index contributed by atoms with van der Waals surface area (Å²) in [5.41, 5.74) is 6.34. The lowest BCUT2D eigenvalue weighted by Gasteiger charge is -2.26. The number of hydrogen-bond donors (Lipinski definition) is 3. The van der Waals surface area contributed by atoms with Gasteiger partial charge in [0, 0.05) is 30.4 Å². The zero-order chi connectivity index (χ0) is 22.4. The number of amides is 4. The first-order valence-electron chi connectivity index (χ1n) is 9.75. The predicted molar refractivity (Wildman–Crippen MR) is 116 cm³/mol. The Morgan fingerprint density at radius 2 is 1.87 bits per heavy atom. The second-order valence-corrected chi connectivity index (χ2v) is 7.53. The summed E-state index contributed by atoms with van der Waals surface area (Å²) in [6, 6.07) is 8.32. The van der Waals surface area contributed by atoms with E-state index in [1.807, 2.05) is 0 Å². The van der Waals surface area contributed by atoms with E-state index in [9.17, 15) is 19.2 Å². The normalized spacial score (nSPS) is 14.6. The zero-order valence-corrected chi connectivity index (χ0v) is 17.4. The number of rotatable bonds is 7. The minimum Gasteiger partial charge on any atom is -0.368 e. The zero-order valence-electron chi connectivity index (χ0n) is 16.6. The van der Waals surface area contributed by atoms with Gasteiger partial charge in [-0.1, -0.05) is 11.6 Å². The van der Waals surface area contributed by atoms with Gasteiger partial charge in [0.05, 0.1) is 11.4 Å². The highest BCUT2D eigenvalue weighted by Gasteiger charge is 2.23. The number of hydrogen-bond acceptors (Lipinski definition) is 5. The van der Waals surface area contributed by atoms with E-state index in [-0.39, 0.29) is 23.7 Å². The van der Waals surface area contributed by atoms with Gasteiger partial charge in [-0.25, -0.2) is 4.98 Å². The van der Waals surface area contributed by atoms with Gasteiger partial charge in [0.15, 0.2) is 0 Å². The Bertz CT molecular complexity index is 978. The Hall–Kier alpha value is -3.46. The molecule has 0 aliphatic carbocycles. The molecule has 1 fully saturated rings. The van der Waals surface area contributed by atoms with Crippen molar-refractivity contribution in [3.05, 3.63) is 53.2 Å². The van der Waals surface area contributed by atoms with Crippen molar-refractivity contribution in [2.24, 2.45) is 5.73 Å². The average Bonchev–Trinajstić information content (AvgIpc) is 2.75. The van der Waals surface area contributed by atoms with Gasteiger partial charge < -0.3 is 21.3 Å². The van der Waals surface area contributed by atoms with Gasteiger partial charge in [-0.2, -0.15) is 0 Å². The van der Waals surface area contributed by atoms with E-state index in [2.05, 4.69) is 15.6 Å². The van der Waals surface area contributed by atoms with Crippen LogP contribution in [-0.2, 0) is 14.4 Å². The molecule has 4 N–H and O–H groups in total. The first kappa shape index (κ1) is 22.2. The molecule has 1 saturated heterocycles. The molecule has 1 aromatic heterocycles. The van der Waals surface area contributed by atoms with E-state index in [1.165, 1.54) is 12.3 Å². The second-order valence-electron chi connectivity index (χ2n) is 7.09. The Labute approximate surface area is 184 Å². The summed E-state index contributed by atoms with van der Waals surface area (Å²) in [6.45, 7) is 0.645. The molecule has 1 aliphatic rings. The fourth-order valence-electron chi connectivity index (χ4n) is 3.17. The number of nitrogens with two attached hydrogens (primary N) is 1. The lowest BCUT2D eigenvalue weighted by molar-refractivity contribution is -0.124. The summed E-state index contributed by atoms with van der Waals surface area (Å²) in [4.78, 5) is 54.1. The molecule has 9 nitrogen and oxygen atoms in total. The number of pyridine rings is 1. The van der Waals surface area contributed by atoms with E-state index in [0.717, 1.165) is 12.8 Å². The largest absolute Gasteiger partial charge is 0.368 e. The van der Waals surface area contributed by atoms with Crippen molar-refractivity contribution in [1.29, 1.82) is 0 Å². The van der Waals surface area contributed by atoms with Crippen molar-refractivity contribution in [2.45, 2.75) is 31.7 Å². The number of carbonyl (C=O) groups is 4. The van der Waals surface area contributed by atoms with E-state index in [1.54, 1.807) is 35.2 Å². The molecule has 1 aromatic carbocycles. The third-order valence-electron chi connectivity index (χ3n) is 4.80. The number of carbonyl (C=O) groups excluding carboxylic acids is 4. The quantitative estimate of drug-likeness (QED) is 0.600. The smallest absolute Gasteiger partial charge is 0.251 e. The number of anilines is 2. The van der Waals surface area contributed by atoms with Crippen LogP contribution in [-0.4, -0.2) is 41.2 Å². The van der Waals surface area contributed by atoms with Crippen molar-refractivity contribution < 1.29 is 19.2 Å². The fraction of sp³-hybridized carbons (Fsp3) is 0.286. The van der Waals surface area contributed by atoms with Crippen LogP contribution in [0.25, 0.3) is 0 Å². The number of nitrogens with one attached hydrogen (secondary N) is 2. The number of nitrogens with zero attached hydrogens (tertiary/aromatic N) is 2. The Morgan fingerprint density at radius 1 is 1.13 bits per heavy atom. The summed E-state index contributed by atoms with van der Waals surface area (Å²) in [5.74, 6) is -1.64. The Morgan fingerprint density at radius 3 is 2.48 bits per heavy atom. The topological polar surface area (TPSA) is 134 Å². The van der Waals surface area contributed by atoms with Crippen LogP contribution in [0.2, 0.25) is 5.02 Å². The van der Waals surface area contributed by atoms with E-state index in [0.29, 0.717) is 23.7 Å². The molecular weight excluding hydrogens is 422 g/mol. The Kier molecular flexibility index (Phi) is 7.19. The van der Waals surface area contributed by atoms with Crippen molar-refractivity contribution in [3.63, 3.8) is 0 Å². The summed E-state index contributed by atoms with van der Waals surface area (Å²) < 4.78 is 0. The molecule has 2 heterocycles. The third-order valence-corrected chi connectivity index (χ3v) is 5.02. The molecular formula is C21H22ClN5O4. The third kappa shape index (κ3) is 6.02. The van der Waals surface area contributed by atoms with Gasteiger partial charge in [-0.3, -0.25) is 19.2 Å². The van der Waals surface area contributed by atoms with Crippen molar-refractivity contribution in [2.75, 3.05) is 16.8 Å². The molecule has 4 amide bonds. The maximum absolute atomic E-state index is 12.5. The average molecular weight is 444 g/mol. The Balaban J connectivity index is 1.60. The molecule has 0 spiro atoms. The van der Waals surface area contributed by atoms with Crippen LogP contribution in [0, 0.1) is 0 Å². The summed E-state index contributed by atoms with van der Waals surface area (Å²) in [5, 5.41) is 5.39. The van der Waals surface area contributed by atoms with Crippen LogP contribution >= 0.6 is 11.6 Å². The maximum Gasteiger partial charge on any atom is 0.251 e. The standard InChI is InChI=1S/C21H22ClN5O4/c22-14-6-9-17(24-12-14)26-18(28)11-16(20(23)30)25-21(31)13-4-7-15(8-5-13)27-10-2-1-3-19(27)29/h4-9,12,16H,1-3,10-11H2,(H2,23,30)(H,25,31)(H,24,26,28)/t16-/m0/s1. The molecule has 1 aliphatic heterocycles. The summed E-state index contributed by atoms with van der Waals surface area (Å²) in [7, 11) is 0. The molecule has 0 bridgehead atoms. The van der Waals surface area contributed by atoms with Gasteiger partial charge in [0.1, 0.15) is 11.9 Å². The van der Waals surface area contributed by atoms with Crippen molar-refractivity contribution >= 4 is 46.7 Å². The number of benzene rings is 1. The van der Waals surface area contributed by atoms with E-state index in [4.69, 9.17) is 17.3 Å². The van der Waals surface area contributed by atoms with E-state index >= 15 is 0 Å². The number of aromatic nitrogens is 1. The van der Waals surface area contributed by atoms with Crippen LogP contribution in [0.4, 0.5) is 11.5 Å². The minimum atomic E-state index is -1.21. The summed E-state index contributed by atoms with van der Waals surface area (Å²) in [6.07, 6.45) is 3.33. The highest BCUT2D eigenvalue weighted by molar-refractivity contribution is 6.30. The van der Waals surface area contributed by atoms with Crippen molar-refractivity contribution in [1.82, 2.24) is 10.3 Å². The number of halogens is 1. The van der Waals surface area contributed by atoms with Crippen LogP contribution in [0.5, 0.6) is 0 Å². The first-order chi connectivity index (χ1) is 14.8. The van der Waals surface area contributed by atoms with Crippen LogP contribution in [0.1, 0.15) is 36.0 Å². The van der Waals surface area contributed by atoms with Gasteiger partial charge in [-0.15, -0.1) is 0 Å². The number of primary amides is 1. The fourth-order valence-corrected chi connectivity index (χ4v) is 3.28. The van der Waals surface area contributed by atoms with Gasteiger partial charge in [-0.05, 0) is 49.2 Å². The van der Waals surface area contributed by atoms with Crippen LogP contribution in [0.15, 0.2) is 42.6 Å². The molecule has 31 heavy (non-hydrogen) atoms. The molecule has 2 aromatic rings. The highest BCUT2D eigenvalue weighted by atomic mass is 35.5. The molecule has 3 rings (SSSR count). The van der Waals surface area contributed by atoms with E-state index < -0.39 is 23.8 Å². The molecule has 1 atom stereocenters. The van der Waals surface area contributed by atoms with Crippen LogP contribution in [0.3, 0.4) is 0 Å². The summed E-state index contributed by atoms with van der Waals surface area (Å²) >= 11 is 5.75. The molecule has 0 unspecified atom stereocenters. The first-order valence-corrected chi connectivity index (χ1v) is 10.1. The monoisotopic (exact) mass is 443 g/mol. The molecule has 0 saturated carbocycles. The lowest BCUT2D eigenvalue weighted by atomic mass is 10.1. The number of piperidine rings is 1. The second kappa shape index (κ2) is 10.0. The molecule has 10 heteroatoms. The molecule has 0 radical (unpaired) electrons. The highest BCUT2D eigenvalue weighted by Crippen LogP contribution is 2.21. The van der Waals surface area contributed by atoms with Crippen LogP contribution < -0.4 is 21.3 Å². The van der Waals surface area contributed by atoms with Gasteiger partial charge in [0.25, 0.3) is 5.91 Å². The van der Waals surface area contributed by atoms with Crippen molar-refractivity contribution in [3.8, 4) is 0 Å². The predicted octanol–water partition coefficient (Wildman–Crippen LogP) is 1.86. The van der Waals surface area contributed by atoms with Gasteiger partial charge >= 0.3 is 0 Å². The maximum atomic E-state index is 12.5. The SMILES string of the molecule is NC(=O)[C@H](CC(=O)Nc1ccc(Cl)cn1)NC(=O)c1ccc(N2CCCCC2=O)cc1. The minimum absolute atomic E-state index is 0.0541.